The van der Waals surface area contributed by atoms with Crippen LogP contribution in [0.2, 0.25) is 5.02 Å². The monoisotopic (exact) mass is 315 g/mol. The zero-order valence-corrected chi connectivity index (χ0v) is 13.4. The van der Waals surface area contributed by atoms with Crippen LogP contribution >= 0.6 is 11.6 Å². The third-order valence-corrected chi connectivity index (χ3v) is 4.65. The van der Waals surface area contributed by atoms with Gasteiger partial charge < -0.3 is 5.11 Å². The van der Waals surface area contributed by atoms with Gasteiger partial charge in [0.2, 0.25) is 0 Å². The van der Waals surface area contributed by atoms with E-state index in [1.165, 1.54) is 11.1 Å². The number of aliphatic hydroxyl groups is 1. The van der Waals surface area contributed by atoms with Gasteiger partial charge in [-0.2, -0.15) is 0 Å². The molecule has 22 heavy (non-hydrogen) atoms. The topological polar surface area (TPSA) is 23.5 Å². The largest absolute Gasteiger partial charge is 0.393 e. The molecule has 3 heteroatoms. The molecule has 0 bridgehead atoms. The highest BCUT2D eigenvalue weighted by atomic mass is 35.5. The molecule has 2 aromatic rings. The second-order valence-corrected chi connectivity index (χ2v) is 6.61. The van der Waals surface area contributed by atoms with Gasteiger partial charge in [-0.25, -0.2) is 0 Å². The summed E-state index contributed by atoms with van der Waals surface area (Å²) in [5.74, 6) is 0.274. The fourth-order valence-corrected chi connectivity index (χ4v) is 3.46. The van der Waals surface area contributed by atoms with E-state index < -0.39 is 0 Å². The Hall–Kier alpha value is -1.35. The van der Waals surface area contributed by atoms with E-state index in [1.807, 2.05) is 24.3 Å². The standard InChI is InChI=1S/C19H22ClNO/c20-18-8-4-7-16(12-18)11-17-14-21(10-9-19(17)22)13-15-5-2-1-3-6-15/h1-8,12,17,19,22H,9-11,13-14H2. The van der Waals surface area contributed by atoms with Gasteiger partial charge in [-0.3, -0.25) is 4.90 Å². The Morgan fingerprint density at radius 1 is 1.05 bits per heavy atom. The van der Waals surface area contributed by atoms with Crippen LogP contribution in [0, 0.1) is 5.92 Å². The minimum Gasteiger partial charge on any atom is -0.393 e. The summed E-state index contributed by atoms with van der Waals surface area (Å²) in [5, 5.41) is 11.1. The summed E-state index contributed by atoms with van der Waals surface area (Å²) in [4.78, 5) is 2.44. The molecule has 116 valence electrons. The molecule has 2 atom stereocenters. The molecular formula is C19H22ClNO. The van der Waals surface area contributed by atoms with Crippen LogP contribution in [0.4, 0.5) is 0 Å². The molecule has 0 saturated carbocycles. The van der Waals surface area contributed by atoms with Crippen LogP contribution in [0.15, 0.2) is 54.6 Å². The summed E-state index contributed by atoms with van der Waals surface area (Å²) >= 11 is 6.06. The third-order valence-electron chi connectivity index (χ3n) is 4.41. The number of rotatable bonds is 4. The summed E-state index contributed by atoms with van der Waals surface area (Å²) in [7, 11) is 0. The van der Waals surface area contributed by atoms with E-state index in [1.54, 1.807) is 0 Å². The van der Waals surface area contributed by atoms with Crippen molar-refractivity contribution in [3.63, 3.8) is 0 Å². The summed E-state index contributed by atoms with van der Waals surface area (Å²) < 4.78 is 0. The number of piperidine rings is 1. The second-order valence-electron chi connectivity index (χ2n) is 6.17. The van der Waals surface area contributed by atoms with Crippen molar-refractivity contribution < 1.29 is 5.11 Å². The maximum Gasteiger partial charge on any atom is 0.0596 e. The molecule has 2 nitrogen and oxygen atoms in total. The highest BCUT2D eigenvalue weighted by Crippen LogP contribution is 2.24. The van der Waals surface area contributed by atoms with Crippen LogP contribution in [-0.4, -0.2) is 29.2 Å². The van der Waals surface area contributed by atoms with Crippen molar-refractivity contribution in [1.82, 2.24) is 4.90 Å². The number of hydrogen-bond donors (Lipinski definition) is 1. The Morgan fingerprint density at radius 2 is 1.82 bits per heavy atom. The molecule has 0 radical (unpaired) electrons. The zero-order chi connectivity index (χ0) is 15.4. The normalized spacial score (nSPS) is 22.6. The first-order valence-corrected chi connectivity index (χ1v) is 8.27. The highest BCUT2D eigenvalue weighted by molar-refractivity contribution is 6.30. The summed E-state index contributed by atoms with van der Waals surface area (Å²) in [6.45, 7) is 2.85. The van der Waals surface area contributed by atoms with Crippen molar-refractivity contribution in [3.05, 3.63) is 70.7 Å². The molecule has 0 aromatic heterocycles. The van der Waals surface area contributed by atoms with Crippen molar-refractivity contribution in [1.29, 1.82) is 0 Å². The number of nitrogens with zero attached hydrogens (tertiary/aromatic N) is 1. The van der Waals surface area contributed by atoms with Gasteiger partial charge in [0.25, 0.3) is 0 Å². The van der Waals surface area contributed by atoms with Crippen molar-refractivity contribution in [3.8, 4) is 0 Å². The van der Waals surface area contributed by atoms with E-state index in [9.17, 15) is 5.11 Å². The van der Waals surface area contributed by atoms with Crippen molar-refractivity contribution in [2.75, 3.05) is 13.1 Å². The van der Waals surface area contributed by atoms with E-state index in [-0.39, 0.29) is 12.0 Å². The maximum absolute atomic E-state index is 10.3. The van der Waals surface area contributed by atoms with Crippen molar-refractivity contribution >= 4 is 11.6 Å². The molecule has 1 aliphatic rings. The first-order valence-electron chi connectivity index (χ1n) is 7.89. The lowest BCUT2D eigenvalue weighted by atomic mass is 9.88. The number of hydrogen-bond acceptors (Lipinski definition) is 2. The minimum atomic E-state index is -0.217. The van der Waals surface area contributed by atoms with Gasteiger partial charge in [-0.15, -0.1) is 0 Å². The lowest BCUT2D eigenvalue weighted by Gasteiger charge is -2.36. The summed E-state index contributed by atoms with van der Waals surface area (Å²) in [6.07, 6.45) is 1.51. The maximum atomic E-state index is 10.3. The molecule has 1 heterocycles. The number of aliphatic hydroxyl groups excluding tert-OH is 1. The van der Waals surface area contributed by atoms with Gasteiger partial charge in [0.05, 0.1) is 6.10 Å². The molecule has 1 fully saturated rings. The Morgan fingerprint density at radius 3 is 2.59 bits per heavy atom. The number of benzene rings is 2. The smallest absolute Gasteiger partial charge is 0.0596 e. The van der Waals surface area contributed by atoms with E-state index in [4.69, 9.17) is 11.6 Å². The van der Waals surface area contributed by atoms with Gasteiger partial charge in [0.1, 0.15) is 0 Å². The fraction of sp³-hybridized carbons (Fsp3) is 0.368. The first kappa shape index (κ1) is 15.5. The van der Waals surface area contributed by atoms with E-state index in [2.05, 4.69) is 35.2 Å². The van der Waals surface area contributed by atoms with Gasteiger partial charge in [-0.05, 0) is 36.1 Å². The third kappa shape index (κ3) is 4.10. The molecule has 2 unspecified atom stereocenters. The molecule has 0 amide bonds. The fourth-order valence-electron chi connectivity index (χ4n) is 3.25. The van der Waals surface area contributed by atoms with E-state index >= 15 is 0 Å². The Bertz CT molecular complexity index is 601. The SMILES string of the molecule is OC1CCN(Cc2ccccc2)CC1Cc1cccc(Cl)c1. The zero-order valence-electron chi connectivity index (χ0n) is 12.7. The molecular weight excluding hydrogens is 294 g/mol. The second kappa shape index (κ2) is 7.28. The average molecular weight is 316 g/mol. The Kier molecular flexibility index (Phi) is 5.14. The Balaban J connectivity index is 1.63. The van der Waals surface area contributed by atoms with Crippen LogP contribution in [0.25, 0.3) is 0 Å². The van der Waals surface area contributed by atoms with Crippen molar-refractivity contribution in [2.24, 2.45) is 5.92 Å². The predicted octanol–water partition coefficient (Wildman–Crippen LogP) is 3.77. The summed E-state index contributed by atoms with van der Waals surface area (Å²) in [5.41, 5.74) is 2.54. The van der Waals surface area contributed by atoms with E-state index in [0.717, 1.165) is 37.5 Å². The molecule has 1 aliphatic heterocycles. The van der Waals surface area contributed by atoms with Gasteiger partial charge >= 0.3 is 0 Å². The van der Waals surface area contributed by atoms with Crippen LogP contribution in [0.5, 0.6) is 0 Å². The quantitative estimate of drug-likeness (QED) is 0.928. The summed E-state index contributed by atoms with van der Waals surface area (Å²) in [6, 6.07) is 18.5. The van der Waals surface area contributed by atoms with Crippen LogP contribution in [0.3, 0.4) is 0 Å². The van der Waals surface area contributed by atoms with Crippen LogP contribution < -0.4 is 0 Å². The molecule has 1 saturated heterocycles. The highest BCUT2D eigenvalue weighted by Gasteiger charge is 2.27. The minimum absolute atomic E-state index is 0.217. The van der Waals surface area contributed by atoms with Gasteiger partial charge in [0.15, 0.2) is 0 Å². The predicted molar refractivity (Wildman–Crippen MR) is 91.0 cm³/mol. The molecule has 0 spiro atoms. The number of likely N-dealkylation sites (tertiary alicyclic amines) is 1. The first-order chi connectivity index (χ1) is 10.7. The average Bonchev–Trinajstić information content (AvgIpc) is 2.52. The lowest BCUT2D eigenvalue weighted by molar-refractivity contribution is 0.0239. The van der Waals surface area contributed by atoms with Crippen LogP contribution in [-0.2, 0) is 13.0 Å². The lowest BCUT2D eigenvalue weighted by Crippen LogP contribution is -2.43. The molecule has 0 aliphatic carbocycles. The Labute approximate surface area is 137 Å². The van der Waals surface area contributed by atoms with Crippen LogP contribution in [0.1, 0.15) is 17.5 Å². The van der Waals surface area contributed by atoms with E-state index in [0.29, 0.717) is 0 Å². The molecule has 1 N–H and O–H groups in total. The van der Waals surface area contributed by atoms with Gasteiger partial charge in [-0.1, -0.05) is 54.1 Å². The van der Waals surface area contributed by atoms with Gasteiger partial charge in [0, 0.05) is 30.6 Å². The van der Waals surface area contributed by atoms with Crippen molar-refractivity contribution in [2.45, 2.75) is 25.5 Å². The number of halogens is 1. The molecule has 3 rings (SSSR count). The molecule has 2 aromatic carbocycles.